The van der Waals surface area contributed by atoms with Gasteiger partial charge in [0.1, 0.15) is 5.75 Å². The molecule has 0 radical (unpaired) electrons. The summed E-state index contributed by atoms with van der Waals surface area (Å²) in [5, 5.41) is 5.98. The quantitative estimate of drug-likeness (QED) is 0.619. The third-order valence-corrected chi connectivity index (χ3v) is 3.18. The Hall–Kier alpha value is -1.79. The maximum atomic E-state index is 11.7. The van der Waals surface area contributed by atoms with Gasteiger partial charge in [-0.2, -0.15) is 0 Å². The van der Waals surface area contributed by atoms with Gasteiger partial charge in [0.15, 0.2) is 6.61 Å². The van der Waals surface area contributed by atoms with E-state index in [1.807, 2.05) is 12.1 Å². The van der Waals surface area contributed by atoms with E-state index in [4.69, 9.17) is 10.5 Å². The van der Waals surface area contributed by atoms with Crippen molar-refractivity contribution in [2.75, 3.05) is 19.7 Å². The van der Waals surface area contributed by atoms with E-state index < -0.39 is 5.91 Å². The molecule has 0 bridgehead atoms. The molecule has 0 atom stereocenters. The van der Waals surface area contributed by atoms with Crippen LogP contribution in [0.1, 0.15) is 18.4 Å². The molecule has 0 unspecified atom stereocenters. The SMILES string of the molecule is Cl.NC(=O)COc1cccc(CNC(=O)CNCC2CC2)c1. The van der Waals surface area contributed by atoms with Gasteiger partial charge in [0.25, 0.3) is 5.91 Å². The molecule has 0 saturated heterocycles. The first-order valence-electron chi connectivity index (χ1n) is 7.11. The number of nitrogens with one attached hydrogen (secondary N) is 2. The van der Waals surface area contributed by atoms with Crippen LogP contribution >= 0.6 is 12.4 Å². The number of carbonyl (C=O) groups excluding carboxylic acids is 2. The van der Waals surface area contributed by atoms with Crippen LogP contribution in [0, 0.1) is 5.92 Å². The number of carbonyl (C=O) groups is 2. The largest absolute Gasteiger partial charge is 0.484 e. The van der Waals surface area contributed by atoms with E-state index in [1.165, 1.54) is 12.8 Å². The number of hydrogen-bond donors (Lipinski definition) is 3. The Bertz CT molecular complexity index is 507. The summed E-state index contributed by atoms with van der Waals surface area (Å²) >= 11 is 0. The normalized spacial score (nSPS) is 13.1. The molecule has 122 valence electrons. The predicted molar refractivity (Wildman–Crippen MR) is 85.8 cm³/mol. The summed E-state index contributed by atoms with van der Waals surface area (Å²) in [6, 6.07) is 7.21. The average molecular weight is 328 g/mol. The topological polar surface area (TPSA) is 93.5 Å². The molecule has 2 rings (SSSR count). The first-order chi connectivity index (χ1) is 10.1. The third kappa shape index (κ3) is 7.28. The van der Waals surface area contributed by atoms with Crippen LogP contribution < -0.4 is 21.1 Å². The van der Waals surface area contributed by atoms with Gasteiger partial charge in [-0.3, -0.25) is 9.59 Å². The summed E-state index contributed by atoms with van der Waals surface area (Å²) in [5.41, 5.74) is 5.93. The van der Waals surface area contributed by atoms with Crippen molar-refractivity contribution >= 4 is 24.2 Å². The van der Waals surface area contributed by atoms with Crippen LogP contribution in [0.3, 0.4) is 0 Å². The molecule has 1 aliphatic rings. The number of halogens is 1. The molecular formula is C15H22ClN3O3. The average Bonchev–Trinajstić information content (AvgIpc) is 3.28. The third-order valence-electron chi connectivity index (χ3n) is 3.18. The molecule has 7 heteroatoms. The van der Waals surface area contributed by atoms with E-state index >= 15 is 0 Å². The van der Waals surface area contributed by atoms with Gasteiger partial charge in [-0.1, -0.05) is 12.1 Å². The van der Waals surface area contributed by atoms with Crippen molar-refractivity contribution in [1.29, 1.82) is 0 Å². The standard InChI is InChI=1S/C15H21N3O3.ClH/c16-14(19)10-21-13-3-1-2-12(6-13)8-18-15(20)9-17-7-11-4-5-11;/h1-3,6,11,17H,4-5,7-10H2,(H2,16,19)(H,18,20);1H. The minimum Gasteiger partial charge on any atom is -0.484 e. The highest BCUT2D eigenvalue weighted by atomic mass is 35.5. The van der Waals surface area contributed by atoms with Crippen molar-refractivity contribution < 1.29 is 14.3 Å². The van der Waals surface area contributed by atoms with Crippen LogP contribution in [0.4, 0.5) is 0 Å². The summed E-state index contributed by atoms with van der Waals surface area (Å²) in [6.45, 7) is 1.54. The smallest absolute Gasteiger partial charge is 0.255 e. The zero-order chi connectivity index (χ0) is 15.1. The lowest BCUT2D eigenvalue weighted by molar-refractivity contribution is -0.120. The first kappa shape index (κ1) is 18.3. The second kappa shape index (κ2) is 9.27. The molecule has 22 heavy (non-hydrogen) atoms. The Morgan fingerprint density at radius 2 is 2.09 bits per heavy atom. The Balaban J connectivity index is 0.00000242. The molecule has 1 saturated carbocycles. The molecule has 0 aromatic heterocycles. The van der Waals surface area contributed by atoms with Gasteiger partial charge in [-0.25, -0.2) is 0 Å². The highest BCUT2D eigenvalue weighted by Crippen LogP contribution is 2.27. The maximum Gasteiger partial charge on any atom is 0.255 e. The number of hydrogen-bond acceptors (Lipinski definition) is 4. The van der Waals surface area contributed by atoms with Crippen LogP contribution in [0.5, 0.6) is 5.75 Å². The molecule has 1 aliphatic carbocycles. The van der Waals surface area contributed by atoms with Gasteiger partial charge in [-0.05, 0) is 43.0 Å². The van der Waals surface area contributed by atoms with E-state index in [2.05, 4.69) is 10.6 Å². The minimum atomic E-state index is -0.518. The van der Waals surface area contributed by atoms with E-state index in [0.717, 1.165) is 18.0 Å². The summed E-state index contributed by atoms with van der Waals surface area (Å²) < 4.78 is 5.21. The maximum absolute atomic E-state index is 11.7. The van der Waals surface area contributed by atoms with Gasteiger partial charge in [0.05, 0.1) is 6.54 Å². The summed E-state index contributed by atoms with van der Waals surface area (Å²) in [7, 11) is 0. The lowest BCUT2D eigenvalue weighted by Gasteiger charge is -2.08. The molecule has 1 aromatic rings. The van der Waals surface area contributed by atoms with Crippen molar-refractivity contribution in [1.82, 2.24) is 10.6 Å². The van der Waals surface area contributed by atoms with Gasteiger partial charge < -0.3 is 21.1 Å². The molecule has 6 nitrogen and oxygen atoms in total. The van der Waals surface area contributed by atoms with E-state index in [1.54, 1.807) is 12.1 Å². The Labute approximate surface area is 136 Å². The monoisotopic (exact) mass is 327 g/mol. The van der Waals surface area contributed by atoms with Crippen LogP contribution in [-0.2, 0) is 16.1 Å². The summed E-state index contributed by atoms with van der Waals surface area (Å²) in [5.74, 6) is 0.777. The second-order valence-corrected chi connectivity index (χ2v) is 5.25. The zero-order valence-electron chi connectivity index (χ0n) is 12.3. The highest BCUT2D eigenvalue weighted by molar-refractivity contribution is 5.85. The van der Waals surface area contributed by atoms with Crippen LogP contribution in [0.25, 0.3) is 0 Å². The Morgan fingerprint density at radius 1 is 1.32 bits per heavy atom. The van der Waals surface area contributed by atoms with Crippen LogP contribution in [0.2, 0.25) is 0 Å². The molecule has 1 fully saturated rings. The summed E-state index contributed by atoms with van der Waals surface area (Å²) in [4.78, 5) is 22.3. The van der Waals surface area contributed by atoms with Crippen molar-refractivity contribution in [3.8, 4) is 5.75 Å². The van der Waals surface area contributed by atoms with Crippen LogP contribution in [0.15, 0.2) is 24.3 Å². The zero-order valence-corrected chi connectivity index (χ0v) is 13.2. The van der Waals surface area contributed by atoms with E-state index in [0.29, 0.717) is 18.8 Å². The minimum absolute atomic E-state index is 0. The van der Waals surface area contributed by atoms with Crippen molar-refractivity contribution in [2.45, 2.75) is 19.4 Å². The van der Waals surface area contributed by atoms with Gasteiger partial charge >= 0.3 is 0 Å². The van der Waals surface area contributed by atoms with E-state index in [-0.39, 0.29) is 24.9 Å². The lowest BCUT2D eigenvalue weighted by atomic mass is 10.2. The molecule has 0 heterocycles. The first-order valence-corrected chi connectivity index (χ1v) is 7.11. The molecule has 4 N–H and O–H groups in total. The number of primary amides is 1. The number of benzene rings is 1. The lowest BCUT2D eigenvalue weighted by Crippen LogP contribution is -2.34. The highest BCUT2D eigenvalue weighted by Gasteiger charge is 2.20. The second-order valence-electron chi connectivity index (χ2n) is 5.25. The fourth-order valence-corrected chi connectivity index (χ4v) is 1.87. The molecule has 0 aliphatic heterocycles. The number of ether oxygens (including phenoxy) is 1. The van der Waals surface area contributed by atoms with Gasteiger partial charge in [0.2, 0.25) is 5.91 Å². The van der Waals surface area contributed by atoms with Gasteiger partial charge in [0, 0.05) is 6.54 Å². The number of amides is 2. The molecular weight excluding hydrogens is 306 g/mol. The fraction of sp³-hybridized carbons (Fsp3) is 0.467. The van der Waals surface area contributed by atoms with Gasteiger partial charge in [-0.15, -0.1) is 12.4 Å². The molecule has 0 spiro atoms. The van der Waals surface area contributed by atoms with Crippen molar-refractivity contribution in [2.24, 2.45) is 11.7 Å². The van der Waals surface area contributed by atoms with Crippen molar-refractivity contribution in [3.05, 3.63) is 29.8 Å². The molecule has 1 aromatic carbocycles. The molecule has 2 amide bonds. The summed E-state index contributed by atoms with van der Waals surface area (Å²) in [6.07, 6.45) is 2.54. The Morgan fingerprint density at radius 3 is 2.77 bits per heavy atom. The number of rotatable bonds is 9. The van der Waals surface area contributed by atoms with E-state index in [9.17, 15) is 9.59 Å². The van der Waals surface area contributed by atoms with Crippen molar-refractivity contribution in [3.63, 3.8) is 0 Å². The Kier molecular flexibility index (Phi) is 7.70. The fourth-order valence-electron chi connectivity index (χ4n) is 1.87. The number of nitrogens with two attached hydrogens (primary N) is 1. The van der Waals surface area contributed by atoms with Crippen LogP contribution in [-0.4, -0.2) is 31.5 Å². The predicted octanol–water partition coefficient (Wildman–Crippen LogP) is 0.588.